The zero-order valence-corrected chi connectivity index (χ0v) is 27.9. The van der Waals surface area contributed by atoms with E-state index in [2.05, 4.69) is 159 Å². The van der Waals surface area contributed by atoms with Crippen molar-refractivity contribution >= 4 is 34.1 Å². The number of benzene rings is 6. The van der Waals surface area contributed by atoms with Crippen molar-refractivity contribution in [3.8, 4) is 22.6 Å². The third-order valence-corrected chi connectivity index (χ3v) is 9.48. The molecule has 0 radical (unpaired) electrons. The first-order valence-electron chi connectivity index (χ1n) is 16.1. The highest BCUT2D eigenvalue weighted by atomic mass is 16.5. The highest BCUT2D eigenvalue weighted by Gasteiger charge is 2.37. The van der Waals surface area contributed by atoms with Gasteiger partial charge in [0.15, 0.2) is 0 Å². The molecule has 0 aromatic heterocycles. The van der Waals surface area contributed by atoms with Gasteiger partial charge in [-0.05, 0) is 132 Å². The van der Waals surface area contributed by atoms with E-state index >= 15 is 0 Å². The molecule has 0 saturated carbocycles. The average molecular weight is 617 g/mol. The lowest BCUT2D eigenvalue weighted by Crippen LogP contribution is -2.18. The predicted molar refractivity (Wildman–Crippen MR) is 196 cm³/mol. The van der Waals surface area contributed by atoms with Gasteiger partial charge in [-0.2, -0.15) is 0 Å². The number of para-hydroxylation sites is 2. The average Bonchev–Trinajstić information content (AvgIpc) is 3.32. The standard InChI is InChI=1S/C43H40N2O2/c1-29-25-35(46-5)19-23-41(29)44(31-13-9-7-10-14-31)33-17-21-37-38-22-18-34(28-40(38)43(3,4)39(37)27-33)45(32-15-11-8-12-16-32)42-24-20-36(47-6)26-30(42)2/h7-28H,1-6H3. The minimum atomic E-state index is -0.217. The van der Waals surface area contributed by atoms with Crippen LogP contribution in [0.15, 0.2) is 133 Å². The maximum atomic E-state index is 5.54. The summed E-state index contributed by atoms with van der Waals surface area (Å²) in [6.45, 7) is 8.99. The van der Waals surface area contributed by atoms with Gasteiger partial charge in [-0.15, -0.1) is 0 Å². The van der Waals surface area contributed by atoms with Crippen LogP contribution in [0.25, 0.3) is 11.1 Å². The molecule has 4 nitrogen and oxygen atoms in total. The summed E-state index contributed by atoms with van der Waals surface area (Å²) in [7, 11) is 3.43. The van der Waals surface area contributed by atoms with Crippen LogP contribution in [-0.4, -0.2) is 14.2 Å². The van der Waals surface area contributed by atoms with Gasteiger partial charge in [0.2, 0.25) is 0 Å². The van der Waals surface area contributed by atoms with Crippen LogP contribution in [0.4, 0.5) is 34.1 Å². The van der Waals surface area contributed by atoms with Crippen molar-refractivity contribution in [2.24, 2.45) is 0 Å². The van der Waals surface area contributed by atoms with Crippen molar-refractivity contribution in [1.82, 2.24) is 0 Å². The molecule has 0 bridgehead atoms. The van der Waals surface area contributed by atoms with Crippen molar-refractivity contribution in [3.63, 3.8) is 0 Å². The minimum Gasteiger partial charge on any atom is -0.497 e. The number of methoxy groups -OCH3 is 2. The molecule has 0 heterocycles. The summed E-state index contributed by atoms with van der Waals surface area (Å²) in [6, 6.07) is 47.6. The van der Waals surface area contributed by atoms with E-state index in [1.165, 1.54) is 22.3 Å². The molecule has 0 fully saturated rings. The van der Waals surface area contributed by atoms with Gasteiger partial charge in [-0.3, -0.25) is 0 Å². The SMILES string of the molecule is COc1ccc(N(c2ccccc2)c2ccc3c(c2)C(C)(C)c2cc(N(c4ccccc4)c4ccc(OC)cc4C)ccc2-3)c(C)c1. The molecule has 6 aromatic carbocycles. The second-order valence-corrected chi connectivity index (χ2v) is 12.7. The Morgan fingerprint density at radius 3 is 1.21 bits per heavy atom. The molecule has 0 spiro atoms. The molecule has 1 aliphatic carbocycles. The Kier molecular flexibility index (Phi) is 7.73. The van der Waals surface area contributed by atoms with Crippen LogP contribution < -0.4 is 19.3 Å². The second kappa shape index (κ2) is 12.0. The van der Waals surface area contributed by atoms with Gasteiger partial charge >= 0.3 is 0 Å². The van der Waals surface area contributed by atoms with Crippen molar-refractivity contribution in [2.75, 3.05) is 24.0 Å². The lowest BCUT2D eigenvalue weighted by atomic mass is 9.82. The Morgan fingerprint density at radius 2 is 0.851 bits per heavy atom. The molecule has 0 atom stereocenters. The van der Waals surface area contributed by atoms with Crippen molar-refractivity contribution in [1.29, 1.82) is 0 Å². The molecule has 0 unspecified atom stereocenters. The van der Waals surface area contributed by atoms with E-state index in [-0.39, 0.29) is 5.41 Å². The minimum absolute atomic E-state index is 0.217. The summed E-state index contributed by atoms with van der Waals surface area (Å²) in [6.07, 6.45) is 0. The van der Waals surface area contributed by atoms with Gasteiger partial charge in [-0.1, -0.05) is 62.4 Å². The summed E-state index contributed by atoms with van der Waals surface area (Å²) < 4.78 is 11.1. The van der Waals surface area contributed by atoms with Crippen LogP contribution in [-0.2, 0) is 5.41 Å². The van der Waals surface area contributed by atoms with Gasteiger partial charge in [0.1, 0.15) is 11.5 Å². The monoisotopic (exact) mass is 616 g/mol. The predicted octanol–water partition coefficient (Wildman–Crippen LogP) is 11.6. The van der Waals surface area contributed by atoms with Crippen LogP contribution in [0.2, 0.25) is 0 Å². The van der Waals surface area contributed by atoms with E-state index in [1.807, 2.05) is 12.1 Å². The number of nitrogens with zero attached hydrogens (tertiary/aromatic N) is 2. The molecule has 1 aliphatic rings. The van der Waals surface area contributed by atoms with Gasteiger partial charge in [-0.25, -0.2) is 0 Å². The second-order valence-electron chi connectivity index (χ2n) is 12.7. The molecule has 0 N–H and O–H groups in total. The number of aryl methyl sites for hydroxylation is 2. The molecule has 0 aliphatic heterocycles. The topological polar surface area (TPSA) is 24.9 Å². The van der Waals surface area contributed by atoms with Gasteiger partial charge in [0, 0.05) is 39.5 Å². The Bertz CT molecular complexity index is 1920. The molecule has 0 saturated heterocycles. The number of hydrogen-bond acceptors (Lipinski definition) is 4. The summed E-state index contributed by atoms with van der Waals surface area (Å²) in [5.74, 6) is 1.71. The number of ether oxygens (including phenoxy) is 2. The number of hydrogen-bond donors (Lipinski definition) is 0. The summed E-state index contributed by atoms with van der Waals surface area (Å²) in [5.41, 5.74) is 14.0. The Balaban J connectivity index is 1.34. The lowest BCUT2D eigenvalue weighted by Gasteiger charge is -2.30. The first-order valence-corrected chi connectivity index (χ1v) is 16.1. The Morgan fingerprint density at radius 1 is 0.447 bits per heavy atom. The third kappa shape index (κ3) is 5.30. The lowest BCUT2D eigenvalue weighted by molar-refractivity contribution is 0.414. The molecule has 4 heteroatoms. The van der Waals surface area contributed by atoms with Crippen molar-refractivity contribution < 1.29 is 9.47 Å². The van der Waals surface area contributed by atoms with E-state index in [0.717, 1.165) is 56.8 Å². The fourth-order valence-corrected chi connectivity index (χ4v) is 7.01. The molecular formula is C43H40N2O2. The van der Waals surface area contributed by atoms with Gasteiger partial charge < -0.3 is 19.3 Å². The summed E-state index contributed by atoms with van der Waals surface area (Å²) in [5, 5.41) is 0. The van der Waals surface area contributed by atoms with Gasteiger partial charge in [0.25, 0.3) is 0 Å². The molecule has 7 rings (SSSR count). The fourth-order valence-electron chi connectivity index (χ4n) is 7.01. The van der Waals surface area contributed by atoms with Crippen molar-refractivity contribution in [2.45, 2.75) is 33.1 Å². The van der Waals surface area contributed by atoms with Crippen molar-refractivity contribution in [3.05, 3.63) is 156 Å². The van der Waals surface area contributed by atoms with E-state index in [0.29, 0.717) is 0 Å². The number of anilines is 6. The van der Waals surface area contributed by atoms with Crippen LogP contribution in [0.3, 0.4) is 0 Å². The number of fused-ring (bicyclic) bond motifs is 3. The quantitative estimate of drug-likeness (QED) is 0.170. The molecule has 47 heavy (non-hydrogen) atoms. The van der Waals surface area contributed by atoms with Crippen LogP contribution >= 0.6 is 0 Å². The Labute approximate surface area is 278 Å². The normalized spacial score (nSPS) is 12.6. The Hall–Kier alpha value is -5.48. The van der Waals surface area contributed by atoms with Crippen LogP contribution in [0.5, 0.6) is 11.5 Å². The zero-order chi connectivity index (χ0) is 32.7. The fraction of sp³-hybridized carbons (Fsp3) is 0.163. The van der Waals surface area contributed by atoms with Crippen LogP contribution in [0, 0.1) is 13.8 Å². The number of rotatable bonds is 8. The summed E-state index contributed by atoms with van der Waals surface area (Å²) in [4.78, 5) is 4.70. The smallest absolute Gasteiger partial charge is 0.119 e. The molecule has 6 aromatic rings. The molecule has 234 valence electrons. The molecule has 0 amide bonds. The highest BCUT2D eigenvalue weighted by molar-refractivity contribution is 5.89. The first-order chi connectivity index (χ1) is 22.8. The van der Waals surface area contributed by atoms with E-state index in [9.17, 15) is 0 Å². The largest absolute Gasteiger partial charge is 0.497 e. The summed E-state index contributed by atoms with van der Waals surface area (Å²) >= 11 is 0. The zero-order valence-electron chi connectivity index (χ0n) is 27.9. The maximum Gasteiger partial charge on any atom is 0.119 e. The molecular weight excluding hydrogens is 576 g/mol. The highest BCUT2D eigenvalue weighted by Crippen LogP contribution is 2.52. The van der Waals surface area contributed by atoms with Gasteiger partial charge in [0.05, 0.1) is 14.2 Å². The van der Waals surface area contributed by atoms with E-state index < -0.39 is 0 Å². The van der Waals surface area contributed by atoms with Crippen LogP contribution in [0.1, 0.15) is 36.1 Å². The maximum absolute atomic E-state index is 5.54. The van der Waals surface area contributed by atoms with E-state index in [1.54, 1.807) is 14.2 Å². The van der Waals surface area contributed by atoms with E-state index in [4.69, 9.17) is 9.47 Å². The first kappa shape index (κ1) is 30.2. The third-order valence-electron chi connectivity index (χ3n) is 9.48.